The molecule has 0 aliphatic rings. The smallest absolute Gasteiger partial charge is 0.355 e. The van der Waals surface area contributed by atoms with Crippen LogP contribution in [0.1, 0.15) is 0 Å². The minimum absolute atomic E-state index is 0.559. The van der Waals surface area contributed by atoms with E-state index in [1.165, 1.54) is 17.5 Å². The Morgan fingerprint density at radius 3 is 2.67 bits per heavy atom. The highest BCUT2D eigenvalue weighted by atomic mass is 79.9. The lowest BCUT2D eigenvalue weighted by Gasteiger charge is -2.08. The largest absolute Gasteiger partial charge is 0.534 e. The van der Waals surface area contributed by atoms with Gasteiger partial charge >= 0.3 is 15.6 Å². The SMILES string of the molecule is O=S(=O)(Oc1cc2scc(Br)c2cn1)C(F)(F)F. The molecule has 0 N–H and O–H groups in total. The molecule has 0 spiro atoms. The Hall–Kier alpha value is -0.870. The first-order valence-electron chi connectivity index (χ1n) is 4.24. The second kappa shape index (κ2) is 4.35. The summed E-state index contributed by atoms with van der Waals surface area (Å²) in [6, 6.07) is 1.13. The first-order chi connectivity index (χ1) is 8.21. The third-order valence-electron chi connectivity index (χ3n) is 1.87. The molecule has 0 saturated heterocycles. The highest BCUT2D eigenvalue weighted by molar-refractivity contribution is 9.10. The normalized spacial score (nSPS) is 12.9. The fourth-order valence-electron chi connectivity index (χ4n) is 1.08. The Kier molecular flexibility index (Phi) is 3.28. The summed E-state index contributed by atoms with van der Waals surface area (Å²) in [5.41, 5.74) is -5.47. The molecule has 0 radical (unpaired) electrons. The maximum Gasteiger partial charge on any atom is 0.534 e. The fraction of sp³-hybridized carbons (Fsp3) is 0.125. The van der Waals surface area contributed by atoms with Crippen LogP contribution in [0, 0.1) is 0 Å². The summed E-state index contributed by atoms with van der Waals surface area (Å²) in [6.45, 7) is 0. The highest BCUT2D eigenvalue weighted by Crippen LogP contribution is 2.33. The van der Waals surface area contributed by atoms with Gasteiger partial charge in [-0.2, -0.15) is 21.6 Å². The molecule has 0 saturated carbocycles. The number of halogens is 4. The summed E-state index contributed by atoms with van der Waals surface area (Å²) in [5.74, 6) is -0.617. The van der Waals surface area contributed by atoms with Crippen LogP contribution >= 0.6 is 27.3 Å². The lowest BCUT2D eigenvalue weighted by Crippen LogP contribution is -2.28. The molecule has 2 aromatic heterocycles. The zero-order valence-corrected chi connectivity index (χ0v) is 11.5. The summed E-state index contributed by atoms with van der Waals surface area (Å²) in [7, 11) is -5.68. The van der Waals surface area contributed by atoms with E-state index in [-0.39, 0.29) is 0 Å². The molecular formula is C8H3BrF3NO3S2. The number of alkyl halides is 3. The molecule has 0 unspecified atom stereocenters. The van der Waals surface area contributed by atoms with Crippen molar-refractivity contribution in [1.82, 2.24) is 4.98 Å². The van der Waals surface area contributed by atoms with Crippen LogP contribution in [0.25, 0.3) is 10.1 Å². The molecule has 0 atom stereocenters. The van der Waals surface area contributed by atoms with Gasteiger partial charge in [-0.25, -0.2) is 4.98 Å². The number of rotatable bonds is 2. The van der Waals surface area contributed by atoms with Gasteiger partial charge in [-0.05, 0) is 15.9 Å². The number of thiophene rings is 1. The van der Waals surface area contributed by atoms with Gasteiger partial charge in [0.1, 0.15) is 0 Å². The zero-order valence-electron chi connectivity index (χ0n) is 8.23. The van der Waals surface area contributed by atoms with E-state index in [1.807, 2.05) is 0 Å². The Bertz CT molecular complexity index is 695. The molecule has 0 aliphatic carbocycles. The van der Waals surface area contributed by atoms with Crippen LogP contribution in [0.4, 0.5) is 13.2 Å². The number of fused-ring (bicyclic) bond motifs is 1. The second-order valence-electron chi connectivity index (χ2n) is 3.09. The number of aromatic nitrogens is 1. The van der Waals surface area contributed by atoms with E-state index in [2.05, 4.69) is 25.1 Å². The van der Waals surface area contributed by atoms with Crippen molar-refractivity contribution >= 4 is 47.5 Å². The average Bonchev–Trinajstić information content (AvgIpc) is 2.58. The topological polar surface area (TPSA) is 56.3 Å². The van der Waals surface area contributed by atoms with Gasteiger partial charge in [0.15, 0.2) is 0 Å². The highest BCUT2D eigenvalue weighted by Gasteiger charge is 2.48. The van der Waals surface area contributed by atoms with Crippen molar-refractivity contribution in [2.24, 2.45) is 0 Å². The first-order valence-corrected chi connectivity index (χ1v) is 7.32. The van der Waals surface area contributed by atoms with Crippen LogP contribution < -0.4 is 4.18 Å². The van der Waals surface area contributed by atoms with Gasteiger partial charge in [-0.3, -0.25) is 0 Å². The van der Waals surface area contributed by atoms with E-state index >= 15 is 0 Å². The van der Waals surface area contributed by atoms with Crippen molar-refractivity contribution in [2.75, 3.05) is 0 Å². The molecular weight excluding hydrogens is 359 g/mol. The average molecular weight is 362 g/mol. The Morgan fingerprint density at radius 2 is 2.06 bits per heavy atom. The first kappa shape index (κ1) is 13.6. The summed E-state index contributed by atoms with van der Waals surface area (Å²) >= 11 is 4.43. The molecule has 0 aromatic carbocycles. The van der Waals surface area contributed by atoms with Gasteiger partial charge in [0.25, 0.3) is 0 Å². The van der Waals surface area contributed by atoms with Gasteiger partial charge in [-0.15, -0.1) is 11.3 Å². The summed E-state index contributed by atoms with van der Waals surface area (Å²) in [4.78, 5) is 3.51. The molecule has 98 valence electrons. The molecule has 2 aromatic rings. The predicted octanol–water partition coefficient (Wildman–Crippen LogP) is 3.29. The molecule has 0 fully saturated rings. The van der Waals surface area contributed by atoms with Crippen LogP contribution in [0.15, 0.2) is 22.1 Å². The lowest BCUT2D eigenvalue weighted by molar-refractivity contribution is -0.0501. The quantitative estimate of drug-likeness (QED) is 0.608. The van der Waals surface area contributed by atoms with Gasteiger partial charge < -0.3 is 4.18 Å². The van der Waals surface area contributed by atoms with Crippen molar-refractivity contribution in [3.8, 4) is 5.88 Å². The predicted molar refractivity (Wildman–Crippen MR) is 62.9 cm³/mol. The maximum absolute atomic E-state index is 12.1. The Balaban J connectivity index is 2.39. The molecule has 0 amide bonds. The summed E-state index contributed by atoms with van der Waals surface area (Å²) in [6.07, 6.45) is 1.23. The zero-order chi connectivity index (χ0) is 13.6. The van der Waals surface area contributed by atoms with Crippen LogP contribution in [0.5, 0.6) is 5.88 Å². The molecule has 0 bridgehead atoms. The van der Waals surface area contributed by atoms with Crippen LogP contribution in [0.3, 0.4) is 0 Å². The van der Waals surface area contributed by atoms with Crippen molar-refractivity contribution < 1.29 is 25.8 Å². The van der Waals surface area contributed by atoms with Crippen molar-refractivity contribution in [2.45, 2.75) is 5.51 Å². The van der Waals surface area contributed by atoms with Crippen molar-refractivity contribution in [3.63, 3.8) is 0 Å². The van der Waals surface area contributed by atoms with E-state index in [9.17, 15) is 21.6 Å². The van der Waals surface area contributed by atoms with Crippen molar-refractivity contribution in [1.29, 1.82) is 0 Å². The van der Waals surface area contributed by atoms with Crippen LogP contribution in [-0.4, -0.2) is 18.9 Å². The number of hydrogen-bond acceptors (Lipinski definition) is 5. The molecule has 0 aliphatic heterocycles. The van der Waals surface area contributed by atoms with Gasteiger partial charge in [0.05, 0.1) is 0 Å². The minimum atomic E-state index is -5.68. The number of nitrogens with zero attached hydrogens (tertiary/aromatic N) is 1. The molecule has 2 heterocycles. The van der Waals surface area contributed by atoms with E-state index in [0.717, 1.165) is 10.5 Å². The number of hydrogen-bond donors (Lipinski definition) is 0. The van der Waals surface area contributed by atoms with E-state index in [1.54, 1.807) is 5.38 Å². The Labute approximate surface area is 112 Å². The van der Waals surface area contributed by atoms with Crippen molar-refractivity contribution in [3.05, 3.63) is 22.1 Å². The molecule has 4 nitrogen and oxygen atoms in total. The third-order valence-corrected chi connectivity index (χ3v) is 4.73. The third kappa shape index (κ3) is 2.45. The number of pyridine rings is 1. The minimum Gasteiger partial charge on any atom is -0.355 e. The van der Waals surface area contributed by atoms with E-state index in [0.29, 0.717) is 10.1 Å². The summed E-state index contributed by atoms with van der Waals surface area (Å²) < 4.78 is 63.0. The Morgan fingerprint density at radius 1 is 1.39 bits per heavy atom. The second-order valence-corrected chi connectivity index (χ2v) is 6.39. The van der Waals surface area contributed by atoms with E-state index in [4.69, 9.17) is 0 Å². The van der Waals surface area contributed by atoms with Gasteiger partial charge in [-0.1, -0.05) is 0 Å². The van der Waals surface area contributed by atoms with Gasteiger partial charge in [0, 0.05) is 32.2 Å². The lowest BCUT2D eigenvalue weighted by atomic mass is 10.3. The maximum atomic E-state index is 12.1. The standard InChI is InChI=1S/C8H3BrF3NO3S2/c9-5-3-17-6-1-7(13-2-4(5)6)16-18(14,15)8(10,11)12/h1-3H. The molecule has 10 heteroatoms. The fourth-order valence-corrected chi connectivity index (χ4v) is 3.03. The molecule has 2 rings (SSSR count). The monoisotopic (exact) mass is 361 g/mol. The van der Waals surface area contributed by atoms with E-state index < -0.39 is 21.5 Å². The molecule has 18 heavy (non-hydrogen) atoms. The van der Waals surface area contributed by atoms with Crippen LogP contribution in [0.2, 0.25) is 0 Å². The van der Waals surface area contributed by atoms with Crippen LogP contribution in [-0.2, 0) is 10.1 Å². The summed E-state index contributed by atoms with van der Waals surface area (Å²) in [5, 5.41) is 2.37. The van der Waals surface area contributed by atoms with Gasteiger partial charge in [0.2, 0.25) is 5.88 Å².